The minimum absolute atomic E-state index is 0.101. The second-order valence-corrected chi connectivity index (χ2v) is 6.80. The van der Waals surface area contributed by atoms with Gasteiger partial charge in [-0.25, -0.2) is 0 Å². The van der Waals surface area contributed by atoms with Crippen LogP contribution in [0.15, 0.2) is 58.3 Å². The lowest BCUT2D eigenvalue weighted by Crippen LogP contribution is -2.31. The lowest BCUT2D eigenvalue weighted by atomic mass is 10.3. The summed E-state index contributed by atoms with van der Waals surface area (Å²) in [5.74, 6) is 1.59. The molecule has 3 aromatic rings. The number of hydrogen-bond acceptors (Lipinski definition) is 6. The van der Waals surface area contributed by atoms with Crippen molar-refractivity contribution in [2.24, 2.45) is 0 Å². The molecule has 0 N–H and O–H groups in total. The average molecular weight is 368 g/mol. The van der Waals surface area contributed by atoms with Gasteiger partial charge in [-0.2, -0.15) is 0 Å². The van der Waals surface area contributed by atoms with Crippen LogP contribution in [0.5, 0.6) is 0 Å². The van der Waals surface area contributed by atoms with Crippen molar-refractivity contribution in [1.82, 2.24) is 19.7 Å². The van der Waals surface area contributed by atoms with E-state index in [1.54, 1.807) is 12.3 Å². The van der Waals surface area contributed by atoms with Gasteiger partial charge in [-0.1, -0.05) is 30.0 Å². The van der Waals surface area contributed by atoms with E-state index in [1.807, 2.05) is 41.0 Å². The molecule has 1 fully saturated rings. The third-order valence-corrected chi connectivity index (χ3v) is 5.00. The summed E-state index contributed by atoms with van der Waals surface area (Å²) in [6.07, 6.45) is 2.22. The molecule has 2 amide bonds. The van der Waals surface area contributed by atoms with Crippen LogP contribution in [-0.2, 0) is 9.59 Å². The summed E-state index contributed by atoms with van der Waals surface area (Å²) in [4.78, 5) is 24.8. The molecular weight excluding hydrogens is 352 g/mol. The van der Waals surface area contributed by atoms with E-state index >= 15 is 0 Å². The zero-order valence-electron chi connectivity index (χ0n) is 13.9. The standard InChI is InChI=1S/C18H16N4O3S/c23-15-8-9-16(24)21(15)10-12-26-18-20-19-17(14-7-4-11-25-14)22(18)13-5-2-1-3-6-13/h1-7,11H,8-10,12H2. The molecule has 1 aliphatic heterocycles. The maximum absolute atomic E-state index is 11.7. The van der Waals surface area contributed by atoms with Gasteiger partial charge in [0, 0.05) is 30.8 Å². The minimum atomic E-state index is -0.101. The molecule has 0 spiro atoms. The lowest BCUT2D eigenvalue weighted by Gasteiger charge is -2.13. The first-order chi connectivity index (χ1) is 12.7. The van der Waals surface area contributed by atoms with Crippen LogP contribution in [0.3, 0.4) is 0 Å². The molecule has 8 heteroatoms. The number of para-hydroxylation sites is 1. The van der Waals surface area contributed by atoms with Crippen LogP contribution in [0.4, 0.5) is 0 Å². The molecule has 1 aromatic carbocycles. The fourth-order valence-corrected chi connectivity index (χ4v) is 3.72. The van der Waals surface area contributed by atoms with Crippen LogP contribution >= 0.6 is 11.8 Å². The second kappa shape index (κ2) is 7.17. The molecule has 26 heavy (non-hydrogen) atoms. The quantitative estimate of drug-likeness (QED) is 0.492. The molecule has 3 heterocycles. The topological polar surface area (TPSA) is 81.2 Å². The number of aromatic nitrogens is 3. The summed E-state index contributed by atoms with van der Waals surface area (Å²) in [6, 6.07) is 13.4. The van der Waals surface area contributed by atoms with Crippen molar-refractivity contribution in [3.8, 4) is 17.3 Å². The molecule has 0 aliphatic carbocycles. The second-order valence-electron chi connectivity index (χ2n) is 5.74. The number of benzene rings is 1. The van der Waals surface area contributed by atoms with Crippen molar-refractivity contribution in [2.45, 2.75) is 18.0 Å². The number of thioether (sulfide) groups is 1. The van der Waals surface area contributed by atoms with Crippen molar-refractivity contribution in [3.63, 3.8) is 0 Å². The van der Waals surface area contributed by atoms with E-state index in [2.05, 4.69) is 10.2 Å². The highest BCUT2D eigenvalue weighted by molar-refractivity contribution is 7.99. The SMILES string of the molecule is O=C1CCC(=O)N1CCSc1nnc(-c2ccco2)n1-c1ccccc1. The molecule has 1 saturated heterocycles. The van der Waals surface area contributed by atoms with Crippen LogP contribution < -0.4 is 0 Å². The normalized spacial score (nSPS) is 14.4. The van der Waals surface area contributed by atoms with Crippen molar-refractivity contribution in [3.05, 3.63) is 48.7 Å². The van der Waals surface area contributed by atoms with E-state index in [4.69, 9.17) is 4.42 Å². The van der Waals surface area contributed by atoms with Crippen molar-refractivity contribution in [1.29, 1.82) is 0 Å². The molecule has 0 atom stereocenters. The van der Waals surface area contributed by atoms with Gasteiger partial charge in [0.15, 0.2) is 10.9 Å². The summed E-state index contributed by atoms with van der Waals surface area (Å²) < 4.78 is 7.39. The van der Waals surface area contributed by atoms with Gasteiger partial charge < -0.3 is 4.42 Å². The highest BCUT2D eigenvalue weighted by Gasteiger charge is 2.28. The third-order valence-electron chi connectivity index (χ3n) is 4.09. The van der Waals surface area contributed by atoms with E-state index in [0.717, 1.165) is 5.69 Å². The molecule has 0 saturated carbocycles. The van der Waals surface area contributed by atoms with E-state index in [-0.39, 0.29) is 11.8 Å². The molecule has 4 rings (SSSR count). The highest BCUT2D eigenvalue weighted by Crippen LogP contribution is 2.28. The van der Waals surface area contributed by atoms with Gasteiger partial charge in [0.1, 0.15) is 0 Å². The first-order valence-corrected chi connectivity index (χ1v) is 9.23. The Balaban J connectivity index is 1.58. The molecular formula is C18H16N4O3S. The van der Waals surface area contributed by atoms with Gasteiger partial charge in [0.2, 0.25) is 17.6 Å². The summed E-state index contributed by atoms with van der Waals surface area (Å²) in [6.45, 7) is 0.375. The van der Waals surface area contributed by atoms with Crippen LogP contribution in [-0.4, -0.2) is 43.8 Å². The summed E-state index contributed by atoms with van der Waals surface area (Å²) >= 11 is 1.45. The third kappa shape index (κ3) is 3.15. The predicted molar refractivity (Wildman–Crippen MR) is 95.7 cm³/mol. The fraction of sp³-hybridized carbons (Fsp3) is 0.222. The summed E-state index contributed by atoms with van der Waals surface area (Å²) in [5.41, 5.74) is 0.916. The van der Waals surface area contributed by atoms with Gasteiger partial charge in [-0.3, -0.25) is 19.1 Å². The van der Waals surface area contributed by atoms with Gasteiger partial charge in [-0.05, 0) is 24.3 Å². The van der Waals surface area contributed by atoms with Crippen molar-refractivity contribution in [2.75, 3.05) is 12.3 Å². The number of hydrogen-bond donors (Lipinski definition) is 0. The molecule has 0 radical (unpaired) electrons. The summed E-state index contributed by atoms with van der Waals surface area (Å²) in [5, 5.41) is 9.23. The van der Waals surface area contributed by atoms with Crippen LogP contribution in [0.1, 0.15) is 12.8 Å². The maximum atomic E-state index is 11.7. The lowest BCUT2D eigenvalue weighted by molar-refractivity contribution is -0.137. The number of imide groups is 1. The Kier molecular flexibility index (Phi) is 4.57. The van der Waals surface area contributed by atoms with E-state index in [0.29, 0.717) is 41.9 Å². The molecule has 1 aliphatic rings. The molecule has 7 nitrogen and oxygen atoms in total. The smallest absolute Gasteiger partial charge is 0.229 e. The van der Waals surface area contributed by atoms with E-state index in [1.165, 1.54) is 16.7 Å². The van der Waals surface area contributed by atoms with Gasteiger partial charge in [-0.15, -0.1) is 10.2 Å². The Bertz CT molecular complexity index is 905. The number of amides is 2. The molecule has 0 unspecified atom stereocenters. The Morgan fingerprint density at radius 3 is 2.46 bits per heavy atom. The molecule has 0 bridgehead atoms. The molecule has 132 valence electrons. The number of rotatable bonds is 6. The number of carbonyl (C=O) groups excluding carboxylic acids is 2. The van der Waals surface area contributed by atoms with Gasteiger partial charge >= 0.3 is 0 Å². The van der Waals surface area contributed by atoms with Crippen LogP contribution in [0, 0.1) is 0 Å². The Hall–Kier alpha value is -2.87. The highest BCUT2D eigenvalue weighted by atomic mass is 32.2. The van der Waals surface area contributed by atoms with Crippen molar-refractivity contribution >= 4 is 23.6 Å². The minimum Gasteiger partial charge on any atom is -0.461 e. The summed E-state index contributed by atoms with van der Waals surface area (Å²) in [7, 11) is 0. The fourth-order valence-electron chi connectivity index (χ4n) is 2.84. The zero-order chi connectivity index (χ0) is 17.9. The monoisotopic (exact) mass is 368 g/mol. The largest absolute Gasteiger partial charge is 0.461 e. The van der Waals surface area contributed by atoms with Crippen molar-refractivity contribution < 1.29 is 14.0 Å². The van der Waals surface area contributed by atoms with E-state index in [9.17, 15) is 9.59 Å². The Labute approximate surface area is 154 Å². The van der Waals surface area contributed by atoms with Crippen LogP contribution in [0.25, 0.3) is 17.3 Å². The van der Waals surface area contributed by atoms with Gasteiger partial charge in [0.05, 0.1) is 6.26 Å². The first kappa shape index (κ1) is 16.6. The number of carbonyl (C=O) groups is 2. The zero-order valence-corrected chi connectivity index (χ0v) is 14.7. The Morgan fingerprint density at radius 1 is 1.00 bits per heavy atom. The number of likely N-dealkylation sites (tertiary alicyclic amines) is 1. The maximum Gasteiger partial charge on any atom is 0.229 e. The average Bonchev–Trinajstić information content (AvgIpc) is 3.38. The number of furan rings is 1. The number of nitrogens with zero attached hydrogens (tertiary/aromatic N) is 4. The molecule has 2 aromatic heterocycles. The first-order valence-electron chi connectivity index (χ1n) is 8.25. The Morgan fingerprint density at radius 2 is 1.77 bits per heavy atom. The van der Waals surface area contributed by atoms with Gasteiger partial charge in [0.25, 0.3) is 0 Å². The van der Waals surface area contributed by atoms with E-state index < -0.39 is 0 Å². The van der Waals surface area contributed by atoms with Crippen LogP contribution in [0.2, 0.25) is 0 Å². The predicted octanol–water partition coefficient (Wildman–Crippen LogP) is 2.77.